The number of aryl methyl sites for hydroxylation is 2. The highest BCUT2D eigenvalue weighted by Crippen LogP contribution is 2.35. The first-order valence-corrected chi connectivity index (χ1v) is 11.7. The van der Waals surface area contributed by atoms with E-state index in [2.05, 4.69) is 26.0 Å². The van der Waals surface area contributed by atoms with Crippen molar-refractivity contribution in [3.63, 3.8) is 0 Å². The second-order valence-corrected chi connectivity index (χ2v) is 8.40. The largest absolute Gasteiger partial charge is 0.488 e. The fourth-order valence-corrected chi connectivity index (χ4v) is 3.71. The lowest BCUT2D eigenvalue weighted by molar-refractivity contribution is -0.138. The third kappa shape index (κ3) is 6.59. The summed E-state index contributed by atoms with van der Waals surface area (Å²) in [7, 11) is 0. The Morgan fingerprint density at radius 1 is 1.15 bits per heavy atom. The van der Waals surface area contributed by atoms with E-state index in [1.807, 2.05) is 6.92 Å². The molecule has 0 saturated carbocycles. The molecule has 0 aliphatic heterocycles. The number of ether oxygens (including phenoxy) is 2. The zero-order valence-corrected chi connectivity index (χ0v) is 20.4. The molecule has 182 valence electrons. The number of para-hydroxylation sites is 1. The van der Waals surface area contributed by atoms with Crippen LogP contribution in [-0.4, -0.2) is 27.3 Å². The van der Waals surface area contributed by atoms with E-state index in [4.69, 9.17) is 9.47 Å². The number of pyridine rings is 1. The average molecular weight is 540 g/mol. The van der Waals surface area contributed by atoms with E-state index < -0.39 is 11.7 Å². The Hall–Kier alpha value is -2.88. The predicted molar refractivity (Wildman–Crippen MR) is 124 cm³/mol. The summed E-state index contributed by atoms with van der Waals surface area (Å²) in [6.45, 7) is 4.12. The molecule has 0 amide bonds. The van der Waals surface area contributed by atoms with Crippen molar-refractivity contribution in [3.8, 4) is 17.3 Å². The van der Waals surface area contributed by atoms with Crippen LogP contribution in [0.5, 0.6) is 11.5 Å². The summed E-state index contributed by atoms with van der Waals surface area (Å²) in [4.78, 5) is 15.6. The Balaban J connectivity index is 1.68. The minimum atomic E-state index is -4.43. The van der Waals surface area contributed by atoms with Gasteiger partial charge in [-0.1, -0.05) is 26.3 Å². The maximum atomic E-state index is 12.8. The molecule has 0 unspecified atom stereocenters. The van der Waals surface area contributed by atoms with Crippen molar-refractivity contribution in [2.45, 2.75) is 52.1 Å². The zero-order chi connectivity index (χ0) is 24.7. The van der Waals surface area contributed by atoms with Gasteiger partial charge in [-0.05, 0) is 65.0 Å². The molecule has 0 fully saturated rings. The van der Waals surface area contributed by atoms with Gasteiger partial charge in [0.1, 0.15) is 0 Å². The molecule has 6 nitrogen and oxygen atoms in total. The van der Waals surface area contributed by atoms with Crippen molar-refractivity contribution in [2.24, 2.45) is 0 Å². The fraction of sp³-hybridized carbons (Fsp3) is 0.375. The van der Waals surface area contributed by atoms with Gasteiger partial charge in [0.05, 0.1) is 22.3 Å². The minimum Gasteiger partial charge on any atom is -0.488 e. The van der Waals surface area contributed by atoms with E-state index in [-0.39, 0.29) is 12.4 Å². The molecule has 0 atom stereocenters. The van der Waals surface area contributed by atoms with Crippen LogP contribution in [0.25, 0.3) is 5.82 Å². The topological polar surface area (TPSA) is 66.2 Å². The summed E-state index contributed by atoms with van der Waals surface area (Å²) in [5, 5.41) is 4.54. The highest BCUT2D eigenvalue weighted by Gasteiger charge is 2.30. The van der Waals surface area contributed by atoms with Crippen LogP contribution in [-0.2, 0) is 23.8 Å². The van der Waals surface area contributed by atoms with Crippen LogP contribution in [0.3, 0.4) is 0 Å². The maximum absolute atomic E-state index is 12.8. The van der Waals surface area contributed by atoms with Crippen molar-refractivity contribution in [1.29, 1.82) is 0 Å². The third-order valence-electron chi connectivity index (χ3n) is 4.95. The number of halogens is 4. The molecule has 0 bridgehead atoms. The second kappa shape index (κ2) is 11.5. The lowest BCUT2D eigenvalue weighted by Gasteiger charge is -2.13. The molecule has 0 spiro atoms. The minimum absolute atomic E-state index is 0.254. The van der Waals surface area contributed by atoms with Crippen molar-refractivity contribution < 1.29 is 27.4 Å². The van der Waals surface area contributed by atoms with Crippen LogP contribution in [0.15, 0.2) is 47.2 Å². The molecular weight excluding hydrogens is 515 g/mol. The summed E-state index contributed by atoms with van der Waals surface area (Å²) < 4.78 is 51.9. The van der Waals surface area contributed by atoms with E-state index in [0.717, 1.165) is 36.4 Å². The molecule has 0 N–H and O–H groups in total. The van der Waals surface area contributed by atoms with Gasteiger partial charge in [-0.15, -0.1) is 0 Å². The normalized spacial score (nSPS) is 11.5. The number of benzene rings is 1. The molecule has 10 heteroatoms. The Bertz CT molecular complexity index is 1110. The van der Waals surface area contributed by atoms with E-state index in [1.165, 1.54) is 10.7 Å². The Kier molecular flexibility index (Phi) is 8.71. The van der Waals surface area contributed by atoms with Gasteiger partial charge in [0.15, 0.2) is 17.3 Å². The summed E-state index contributed by atoms with van der Waals surface area (Å²) in [6.07, 6.45) is 1.36. The average Bonchev–Trinajstić information content (AvgIpc) is 3.20. The van der Waals surface area contributed by atoms with Gasteiger partial charge in [-0.25, -0.2) is 9.67 Å². The first-order valence-electron chi connectivity index (χ1n) is 11.0. The van der Waals surface area contributed by atoms with Crippen molar-refractivity contribution in [1.82, 2.24) is 14.8 Å². The molecular formula is C24H25BrF3N3O3. The molecule has 0 aliphatic carbocycles. The van der Waals surface area contributed by atoms with Crippen LogP contribution < -0.4 is 9.47 Å². The highest BCUT2D eigenvalue weighted by atomic mass is 79.9. The molecule has 34 heavy (non-hydrogen) atoms. The summed E-state index contributed by atoms with van der Waals surface area (Å²) in [5.41, 5.74) is 1.06. The number of carbonyl (C=O) groups is 1. The quantitative estimate of drug-likeness (QED) is 0.171. The SMILES string of the molecule is CCCc1nn(-c2ccc(C(F)(F)F)cn2)cc1CCCOc1c(Br)cccc1OC(=O)CC. The molecule has 2 aromatic heterocycles. The first kappa shape index (κ1) is 25.7. The predicted octanol–water partition coefficient (Wildman–Crippen LogP) is 6.33. The number of rotatable bonds is 10. The van der Waals surface area contributed by atoms with Crippen LogP contribution in [0, 0.1) is 0 Å². The van der Waals surface area contributed by atoms with Gasteiger partial charge in [-0.2, -0.15) is 18.3 Å². The standard InChI is InChI=1S/C24H25BrF3N3O3/c1-3-7-19-16(15-31(30-19)21-12-11-17(14-29-21)24(26,27)28)8-6-13-33-23-18(25)9-5-10-20(23)34-22(32)4-2/h5,9-12,14-15H,3-4,6-8,13H2,1-2H3. The summed E-state index contributed by atoms with van der Waals surface area (Å²) in [6, 6.07) is 7.55. The van der Waals surface area contributed by atoms with E-state index in [1.54, 1.807) is 31.3 Å². The number of carbonyl (C=O) groups excluding carboxylic acids is 1. The summed E-state index contributed by atoms with van der Waals surface area (Å²) >= 11 is 3.43. The van der Waals surface area contributed by atoms with Gasteiger partial charge in [0.25, 0.3) is 0 Å². The Morgan fingerprint density at radius 3 is 2.59 bits per heavy atom. The smallest absolute Gasteiger partial charge is 0.417 e. The summed E-state index contributed by atoms with van der Waals surface area (Å²) in [5.74, 6) is 0.789. The van der Waals surface area contributed by atoms with Gasteiger partial charge < -0.3 is 9.47 Å². The molecule has 0 aliphatic rings. The van der Waals surface area contributed by atoms with Gasteiger partial charge in [-0.3, -0.25) is 4.79 Å². The van der Waals surface area contributed by atoms with Crippen molar-refractivity contribution >= 4 is 21.9 Å². The maximum Gasteiger partial charge on any atom is 0.417 e. The Labute approximate surface area is 204 Å². The van der Waals surface area contributed by atoms with E-state index in [9.17, 15) is 18.0 Å². The lowest BCUT2D eigenvalue weighted by atomic mass is 10.1. The number of nitrogens with zero attached hydrogens (tertiary/aromatic N) is 3. The second-order valence-electron chi connectivity index (χ2n) is 7.55. The number of alkyl halides is 3. The zero-order valence-electron chi connectivity index (χ0n) is 18.9. The lowest BCUT2D eigenvalue weighted by Crippen LogP contribution is -2.08. The number of hydrogen-bond acceptors (Lipinski definition) is 5. The van der Waals surface area contributed by atoms with Crippen molar-refractivity contribution in [2.75, 3.05) is 6.61 Å². The van der Waals surface area contributed by atoms with Gasteiger partial charge >= 0.3 is 12.1 Å². The highest BCUT2D eigenvalue weighted by molar-refractivity contribution is 9.10. The van der Waals surface area contributed by atoms with Crippen LogP contribution >= 0.6 is 15.9 Å². The third-order valence-corrected chi connectivity index (χ3v) is 5.58. The van der Waals surface area contributed by atoms with Gasteiger partial charge in [0, 0.05) is 18.8 Å². The Morgan fingerprint density at radius 2 is 1.94 bits per heavy atom. The molecule has 3 rings (SSSR count). The van der Waals surface area contributed by atoms with E-state index in [0.29, 0.717) is 41.2 Å². The van der Waals surface area contributed by atoms with Crippen LogP contribution in [0.2, 0.25) is 0 Å². The first-order chi connectivity index (χ1) is 16.2. The number of aromatic nitrogens is 3. The van der Waals surface area contributed by atoms with Crippen molar-refractivity contribution in [3.05, 3.63) is 64.0 Å². The van der Waals surface area contributed by atoms with Gasteiger partial charge in [0.2, 0.25) is 0 Å². The van der Waals surface area contributed by atoms with Crippen LogP contribution in [0.1, 0.15) is 49.9 Å². The molecule has 3 aromatic rings. The monoisotopic (exact) mass is 539 g/mol. The number of hydrogen-bond donors (Lipinski definition) is 0. The van der Waals surface area contributed by atoms with E-state index >= 15 is 0 Å². The van der Waals surface area contributed by atoms with Crippen LogP contribution in [0.4, 0.5) is 13.2 Å². The molecule has 0 radical (unpaired) electrons. The number of esters is 1. The molecule has 2 heterocycles. The molecule has 1 aromatic carbocycles. The fourth-order valence-electron chi connectivity index (χ4n) is 3.25. The molecule has 0 saturated heterocycles.